The van der Waals surface area contributed by atoms with Gasteiger partial charge < -0.3 is 15.0 Å². The smallest absolute Gasteiger partial charge is 0.261 e. The van der Waals surface area contributed by atoms with E-state index in [-0.39, 0.29) is 16.9 Å². The van der Waals surface area contributed by atoms with Gasteiger partial charge in [-0.2, -0.15) is 0 Å². The summed E-state index contributed by atoms with van der Waals surface area (Å²) in [6.07, 6.45) is 3.13. The van der Waals surface area contributed by atoms with Gasteiger partial charge in [-0.15, -0.1) is 0 Å². The number of rotatable bonds is 8. The molecule has 0 fully saturated rings. The molecule has 2 aromatic rings. The third-order valence-corrected chi connectivity index (χ3v) is 4.53. The van der Waals surface area contributed by atoms with E-state index in [1.165, 1.54) is 11.8 Å². The lowest BCUT2D eigenvalue weighted by atomic mass is 10.2. The zero-order valence-electron chi connectivity index (χ0n) is 17.0. The van der Waals surface area contributed by atoms with Crippen LogP contribution in [0.25, 0.3) is 0 Å². The predicted octanol–water partition coefficient (Wildman–Crippen LogP) is 4.37. The van der Waals surface area contributed by atoms with Crippen LogP contribution in [0.1, 0.15) is 43.5 Å². The molecule has 0 atom stereocenters. The van der Waals surface area contributed by atoms with Gasteiger partial charge in [-0.1, -0.05) is 38.0 Å². The molecule has 2 amide bonds. The van der Waals surface area contributed by atoms with Gasteiger partial charge in [0.15, 0.2) is 5.11 Å². The molecular formula is C22H27N3O3S. The van der Waals surface area contributed by atoms with E-state index >= 15 is 0 Å². The van der Waals surface area contributed by atoms with Crippen molar-refractivity contribution in [3.63, 3.8) is 0 Å². The van der Waals surface area contributed by atoms with Crippen LogP contribution < -0.4 is 20.3 Å². The van der Waals surface area contributed by atoms with Gasteiger partial charge in [-0.3, -0.25) is 14.9 Å². The second-order valence-electron chi connectivity index (χ2n) is 6.59. The molecule has 154 valence electrons. The molecule has 6 nitrogen and oxygen atoms in total. The first-order valence-electron chi connectivity index (χ1n) is 9.61. The van der Waals surface area contributed by atoms with Crippen molar-refractivity contribution in [1.82, 2.24) is 5.32 Å². The lowest BCUT2D eigenvalue weighted by Crippen LogP contribution is -2.34. The van der Waals surface area contributed by atoms with Gasteiger partial charge in [-0.25, -0.2) is 0 Å². The fourth-order valence-corrected chi connectivity index (χ4v) is 2.83. The largest absolute Gasteiger partial charge is 0.493 e. The Bertz CT molecular complexity index is 870. The fraction of sp³-hybridized carbons (Fsp3) is 0.318. The molecule has 0 spiro atoms. The van der Waals surface area contributed by atoms with Crippen LogP contribution in [0, 0.1) is 0 Å². The highest BCUT2D eigenvalue weighted by Crippen LogP contribution is 2.20. The van der Waals surface area contributed by atoms with Crippen molar-refractivity contribution in [2.24, 2.45) is 0 Å². The number of hydrogen-bond donors (Lipinski definition) is 2. The van der Waals surface area contributed by atoms with Gasteiger partial charge in [0, 0.05) is 25.3 Å². The predicted molar refractivity (Wildman–Crippen MR) is 121 cm³/mol. The Morgan fingerprint density at radius 1 is 1.10 bits per heavy atom. The quantitative estimate of drug-likeness (QED) is 0.497. The Labute approximate surface area is 177 Å². The van der Waals surface area contributed by atoms with E-state index in [9.17, 15) is 9.59 Å². The highest BCUT2D eigenvalue weighted by molar-refractivity contribution is 7.80. The number of nitrogens with one attached hydrogen (secondary N) is 2. The van der Waals surface area contributed by atoms with E-state index < -0.39 is 0 Å². The molecule has 0 aliphatic rings. The molecule has 2 N–H and O–H groups in total. The summed E-state index contributed by atoms with van der Waals surface area (Å²) < 4.78 is 5.76. The minimum Gasteiger partial charge on any atom is -0.493 e. The van der Waals surface area contributed by atoms with Gasteiger partial charge in [0.25, 0.3) is 5.91 Å². The maximum absolute atomic E-state index is 12.6. The monoisotopic (exact) mass is 413 g/mol. The normalized spacial score (nSPS) is 10.2. The third-order valence-electron chi connectivity index (χ3n) is 4.33. The second kappa shape index (κ2) is 11.2. The van der Waals surface area contributed by atoms with Crippen molar-refractivity contribution in [1.29, 1.82) is 0 Å². The van der Waals surface area contributed by atoms with Crippen molar-refractivity contribution in [3.05, 3.63) is 54.1 Å². The minimum atomic E-state index is -0.342. The van der Waals surface area contributed by atoms with Crippen LogP contribution in [-0.2, 0) is 4.79 Å². The summed E-state index contributed by atoms with van der Waals surface area (Å²) in [5, 5.41) is 5.82. The van der Waals surface area contributed by atoms with E-state index in [0.717, 1.165) is 24.9 Å². The van der Waals surface area contributed by atoms with Crippen molar-refractivity contribution in [2.45, 2.75) is 33.1 Å². The van der Waals surface area contributed by atoms with Crippen LogP contribution in [0.4, 0.5) is 11.4 Å². The standard InChI is InChI=1S/C22H27N3O3S/c1-4-5-8-14-28-20-13-7-6-12-19(20)21(27)24-22(29)23-17-10-9-11-18(15-17)25(3)16(2)26/h6-7,9-13,15H,4-5,8,14H2,1-3H3,(H2,23,24,27,29). The van der Waals surface area contributed by atoms with Gasteiger partial charge in [0.2, 0.25) is 5.91 Å². The van der Waals surface area contributed by atoms with E-state index in [2.05, 4.69) is 17.6 Å². The molecule has 0 saturated heterocycles. The molecule has 0 heterocycles. The molecule has 2 aromatic carbocycles. The van der Waals surface area contributed by atoms with E-state index in [1.54, 1.807) is 43.4 Å². The van der Waals surface area contributed by atoms with Crippen LogP contribution in [0.2, 0.25) is 0 Å². The molecule has 0 aliphatic heterocycles. The summed E-state index contributed by atoms with van der Waals surface area (Å²) >= 11 is 5.27. The molecule has 0 unspecified atom stereocenters. The summed E-state index contributed by atoms with van der Waals surface area (Å²) in [7, 11) is 1.69. The number of carbonyl (C=O) groups excluding carboxylic acids is 2. The van der Waals surface area contributed by atoms with Crippen molar-refractivity contribution in [3.8, 4) is 5.75 Å². The Hall–Kier alpha value is -2.93. The minimum absolute atomic E-state index is 0.0754. The Morgan fingerprint density at radius 2 is 1.86 bits per heavy atom. The second-order valence-corrected chi connectivity index (χ2v) is 7.00. The van der Waals surface area contributed by atoms with Crippen molar-refractivity contribution in [2.75, 3.05) is 23.9 Å². The summed E-state index contributed by atoms with van der Waals surface area (Å²) in [5.74, 6) is 0.119. The Kier molecular flexibility index (Phi) is 8.61. The SMILES string of the molecule is CCCCCOc1ccccc1C(=O)NC(=S)Nc1cccc(N(C)C(C)=O)c1. The van der Waals surface area contributed by atoms with Crippen LogP contribution >= 0.6 is 12.2 Å². The molecule has 0 bridgehead atoms. The highest BCUT2D eigenvalue weighted by Gasteiger charge is 2.14. The number of benzene rings is 2. The van der Waals surface area contributed by atoms with Gasteiger partial charge in [0.1, 0.15) is 5.75 Å². The summed E-state index contributed by atoms with van der Waals surface area (Å²) in [6, 6.07) is 14.3. The van der Waals surface area contributed by atoms with Crippen molar-refractivity contribution >= 4 is 40.5 Å². The first-order valence-corrected chi connectivity index (χ1v) is 10.0. The lowest BCUT2D eigenvalue weighted by molar-refractivity contribution is -0.116. The Balaban J connectivity index is 2.00. The highest BCUT2D eigenvalue weighted by atomic mass is 32.1. The number of thiocarbonyl (C=S) groups is 1. The molecule has 0 saturated carbocycles. The molecule has 0 aliphatic carbocycles. The topological polar surface area (TPSA) is 70.7 Å². The molecule has 29 heavy (non-hydrogen) atoms. The number of anilines is 2. The zero-order chi connectivity index (χ0) is 21.2. The number of carbonyl (C=O) groups is 2. The number of unbranched alkanes of at least 4 members (excludes halogenated alkanes) is 2. The first kappa shape index (κ1) is 22.4. The van der Waals surface area contributed by atoms with E-state index in [4.69, 9.17) is 17.0 Å². The molecular weight excluding hydrogens is 386 g/mol. The number of nitrogens with zero attached hydrogens (tertiary/aromatic N) is 1. The summed E-state index contributed by atoms with van der Waals surface area (Å²) in [5.41, 5.74) is 1.82. The maximum Gasteiger partial charge on any atom is 0.261 e. The average molecular weight is 414 g/mol. The van der Waals surface area contributed by atoms with Crippen LogP contribution in [0.3, 0.4) is 0 Å². The van der Waals surface area contributed by atoms with Gasteiger partial charge >= 0.3 is 0 Å². The Morgan fingerprint density at radius 3 is 2.59 bits per heavy atom. The fourth-order valence-electron chi connectivity index (χ4n) is 2.62. The molecule has 2 rings (SSSR count). The maximum atomic E-state index is 12.6. The van der Waals surface area contributed by atoms with Crippen LogP contribution in [0.5, 0.6) is 5.75 Å². The summed E-state index contributed by atoms with van der Waals surface area (Å²) in [4.78, 5) is 25.7. The number of hydrogen-bond acceptors (Lipinski definition) is 4. The van der Waals surface area contributed by atoms with Crippen LogP contribution in [0.15, 0.2) is 48.5 Å². The van der Waals surface area contributed by atoms with Crippen LogP contribution in [-0.4, -0.2) is 30.6 Å². The van der Waals surface area contributed by atoms with Crippen molar-refractivity contribution < 1.29 is 14.3 Å². The van der Waals surface area contributed by atoms with E-state index in [0.29, 0.717) is 23.6 Å². The lowest BCUT2D eigenvalue weighted by Gasteiger charge is -2.17. The molecule has 7 heteroatoms. The average Bonchev–Trinajstić information content (AvgIpc) is 2.71. The molecule has 0 aromatic heterocycles. The number of para-hydroxylation sites is 1. The zero-order valence-corrected chi connectivity index (χ0v) is 17.8. The van der Waals surface area contributed by atoms with E-state index in [1.807, 2.05) is 12.1 Å². The molecule has 0 radical (unpaired) electrons. The number of ether oxygens (including phenoxy) is 1. The van der Waals surface area contributed by atoms with Gasteiger partial charge in [0.05, 0.1) is 12.2 Å². The van der Waals surface area contributed by atoms with Gasteiger partial charge in [-0.05, 0) is 49.0 Å². The summed E-state index contributed by atoms with van der Waals surface area (Å²) in [6.45, 7) is 4.19. The first-order chi connectivity index (χ1) is 13.9. The third kappa shape index (κ3) is 6.87. The number of amides is 2.